The normalized spacial score (nSPS) is 14.0. The van der Waals surface area contributed by atoms with Crippen LogP contribution in [0.25, 0.3) is 0 Å². The number of ether oxygens (including phenoxy) is 1. The number of hydrogen-bond acceptors (Lipinski definition) is 4. The maximum atomic E-state index is 13.4. The smallest absolute Gasteiger partial charge is 0.382 e. The molecule has 0 saturated carbocycles. The summed E-state index contributed by atoms with van der Waals surface area (Å²) < 4.78 is 45.4. The molecular formula is C32H37F3N4O3. The summed E-state index contributed by atoms with van der Waals surface area (Å²) in [5.74, 6) is 0.253. The number of anilines is 3. The van der Waals surface area contributed by atoms with Crippen LogP contribution >= 0.6 is 0 Å². The Morgan fingerprint density at radius 2 is 1.67 bits per heavy atom. The Labute approximate surface area is 244 Å². The van der Waals surface area contributed by atoms with Crippen LogP contribution in [0.5, 0.6) is 0 Å². The van der Waals surface area contributed by atoms with Gasteiger partial charge < -0.3 is 25.6 Å². The van der Waals surface area contributed by atoms with E-state index >= 15 is 0 Å². The number of rotatable bonds is 11. The number of nitrogens with zero attached hydrogens (tertiary/aromatic N) is 1. The molecule has 3 amide bonds. The second-order valence-corrected chi connectivity index (χ2v) is 10.3. The van der Waals surface area contributed by atoms with Crippen molar-refractivity contribution in [1.29, 1.82) is 0 Å². The van der Waals surface area contributed by atoms with E-state index in [0.717, 1.165) is 44.1 Å². The first-order valence-electron chi connectivity index (χ1n) is 14.3. The minimum Gasteiger partial charge on any atom is -0.382 e. The van der Waals surface area contributed by atoms with Gasteiger partial charge in [0.25, 0.3) is 5.91 Å². The van der Waals surface area contributed by atoms with Crippen molar-refractivity contribution in [2.75, 3.05) is 48.4 Å². The van der Waals surface area contributed by atoms with E-state index in [1.807, 2.05) is 13.0 Å². The van der Waals surface area contributed by atoms with Crippen molar-refractivity contribution in [1.82, 2.24) is 5.32 Å². The highest BCUT2D eigenvalue weighted by Gasteiger charge is 2.33. The summed E-state index contributed by atoms with van der Waals surface area (Å²) in [7, 11) is 0. The maximum absolute atomic E-state index is 13.4. The maximum Gasteiger partial charge on any atom is 0.418 e. The van der Waals surface area contributed by atoms with Crippen molar-refractivity contribution >= 4 is 29.0 Å². The molecule has 0 spiro atoms. The minimum absolute atomic E-state index is 0.291. The van der Waals surface area contributed by atoms with Crippen LogP contribution in [0.4, 0.5) is 35.0 Å². The quantitative estimate of drug-likeness (QED) is 0.213. The Bertz CT molecular complexity index is 1330. The van der Waals surface area contributed by atoms with Crippen molar-refractivity contribution in [3.8, 4) is 0 Å². The predicted molar refractivity (Wildman–Crippen MR) is 159 cm³/mol. The van der Waals surface area contributed by atoms with Crippen molar-refractivity contribution < 1.29 is 27.5 Å². The van der Waals surface area contributed by atoms with Gasteiger partial charge in [-0.05, 0) is 74.4 Å². The lowest BCUT2D eigenvalue weighted by Gasteiger charge is -2.35. The fourth-order valence-corrected chi connectivity index (χ4v) is 5.14. The van der Waals surface area contributed by atoms with Gasteiger partial charge in [0.2, 0.25) is 0 Å². The third kappa shape index (κ3) is 8.72. The third-order valence-electron chi connectivity index (χ3n) is 7.26. The van der Waals surface area contributed by atoms with Gasteiger partial charge in [-0.2, -0.15) is 13.2 Å². The first-order chi connectivity index (χ1) is 20.2. The zero-order valence-corrected chi connectivity index (χ0v) is 23.7. The Hall–Kier alpha value is -4.05. The molecule has 224 valence electrons. The molecule has 1 heterocycles. The molecule has 0 aromatic heterocycles. The van der Waals surface area contributed by atoms with E-state index in [1.54, 1.807) is 18.2 Å². The van der Waals surface area contributed by atoms with Crippen LogP contribution in [0.15, 0.2) is 72.8 Å². The van der Waals surface area contributed by atoms with Crippen LogP contribution in [0.2, 0.25) is 0 Å². The molecule has 1 aliphatic heterocycles. The van der Waals surface area contributed by atoms with Gasteiger partial charge in [0, 0.05) is 44.2 Å². The number of nitrogens with one attached hydrogen (secondary N) is 3. The van der Waals surface area contributed by atoms with Crippen LogP contribution in [-0.4, -0.2) is 44.8 Å². The zero-order valence-electron chi connectivity index (χ0n) is 23.7. The number of carbonyl (C=O) groups excluding carboxylic acids is 2. The minimum atomic E-state index is -4.62. The topological polar surface area (TPSA) is 82.7 Å². The zero-order chi connectivity index (χ0) is 30.0. The van der Waals surface area contributed by atoms with E-state index < -0.39 is 17.8 Å². The lowest BCUT2D eigenvalue weighted by molar-refractivity contribution is -0.136. The summed E-state index contributed by atoms with van der Waals surface area (Å²) in [5.41, 5.74) is 1.45. The predicted octanol–water partition coefficient (Wildman–Crippen LogP) is 6.96. The van der Waals surface area contributed by atoms with Gasteiger partial charge in [-0.25, -0.2) is 4.79 Å². The number of para-hydroxylation sites is 1. The summed E-state index contributed by atoms with van der Waals surface area (Å²) in [6.07, 6.45) is -1.000. The molecule has 0 unspecified atom stereocenters. The Balaban J connectivity index is 1.47. The molecule has 4 rings (SSSR count). The molecule has 3 aromatic carbocycles. The van der Waals surface area contributed by atoms with Crippen molar-refractivity contribution in [2.45, 2.75) is 38.8 Å². The summed E-state index contributed by atoms with van der Waals surface area (Å²) >= 11 is 0. The van der Waals surface area contributed by atoms with Gasteiger partial charge in [-0.1, -0.05) is 42.5 Å². The third-order valence-corrected chi connectivity index (χ3v) is 7.26. The van der Waals surface area contributed by atoms with E-state index in [9.17, 15) is 22.8 Å². The number of hydrogen-bond donors (Lipinski definition) is 3. The molecule has 0 aliphatic carbocycles. The highest BCUT2D eigenvalue weighted by molar-refractivity contribution is 6.04. The van der Waals surface area contributed by atoms with E-state index in [0.29, 0.717) is 43.3 Å². The lowest BCUT2D eigenvalue weighted by Crippen LogP contribution is -2.36. The van der Waals surface area contributed by atoms with Crippen molar-refractivity contribution in [3.63, 3.8) is 0 Å². The number of piperidine rings is 1. The largest absolute Gasteiger partial charge is 0.418 e. The SMILES string of the molecule is CCOCCCNC(=O)c1cc(NC(=O)Nc2ccccc2C(F)(F)F)ccc1N1CCC(Cc2ccccc2)CC1. The number of benzene rings is 3. The molecule has 3 aromatic rings. The monoisotopic (exact) mass is 582 g/mol. The first-order valence-corrected chi connectivity index (χ1v) is 14.3. The van der Waals surface area contributed by atoms with E-state index in [1.165, 1.54) is 23.8 Å². The highest BCUT2D eigenvalue weighted by Crippen LogP contribution is 2.35. The summed E-state index contributed by atoms with van der Waals surface area (Å²) in [4.78, 5) is 28.2. The summed E-state index contributed by atoms with van der Waals surface area (Å²) in [6, 6.07) is 19.3. The molecule has 3 N–H and O–H groups in total. The molecule has 7 nitrogen and oxygen atoms in total. The van der Waals surface area contributed by atoms with Gasteiger partial charge in [-0.15, -0.1) is 0 Å². The average molecular weight is 583 g/mol. The fourth-order valence-electron chi connectivity index (χ4n) is 5.14. The lowest BCUT2D eigenvalue weighted by atomic mass is 9.89. The standard InChI is InChI=1S/C32H37F3N4O3/c1-2-42-20-8-17-36-30(40)26-22-25(37-31(41)38-28-12-7-6-11-27(28)32(33,34)35)13-14-29(26)39-18-15-24(16-19-39)21-23-9-4-3-5-10-23/h3-7,9-14,22,24H,2,8,15-21H2,1H3,(H,36,40)(H2,37,38,41). The summed E-state index contributed by atoms with van der Waals surface area (Å²) in [5, 5.41) is 7.78. The Morgan fingerprint density at radius 1 is 0.952 bits per heavy atom. The van der Waals surface area contributed by atoms with Gasteiger partial charge in [0.15, 0.2) is 0 Å². The van der Waals surface area contributed by atoms with Crippen molar-refractivity contribution in [2.24, 2.45) is 5.92 Å². The van der Waals surface area contributed by atoms with Crippen LogP contribution < -0.4 is 20.9 Å². The number of urea groups is 1. The molecule has 0 bridgehead atoms. The molecule has 1 aliphatic rings. The van der Waals surface area contributed by atoms with Crippen LogP contribution in [0.1, 0.15) is 47.7 Å². The van der Waals surface area contributed by atoms with Crippen LogP contribution in [0, 0.1) is 5.92 Å². The number of halogens is 3. The van der Waals surface area contributed by atoms with E-state index in [-0.39, 0.29) is 11.6 Å². The van der Waals surface area contributed by atoms with Crippen molar-refractivity contribution in [3.05, 3.63) is 89.5 Å². The van der Waals surface area contributed by atoms with E-state index in [2.05, 4.69) is 45.1 Å². The van der Waals surface area contributed by atoms with Crippen LogP contribution in [0.3, 0.4) is 0 Å². The molecule has 1 fully saturated rings. The fraction of sp³-hybridized carbons (Fsp3) is 0.375. The summed E-state index contributed by atoms with van der Waals surface area (Å²) in [6.45, 7) is 5.02. The molecule has 0 atom stereocenters. The highest BCUT2D eigenvalue weighted by atomic mass is 19.4. The Kier molecular flexibility index (Phi) is 10.8. The van der Waals surface area contributed by atoms with Gasteiger partial charge in [0.05, 0.1) is 16.8 Å². The number of alkyl halides is 3. The van der Waals surface area contributed by atoms with Gasteiger partial charge in [-0.3, -0.25) is 4.79 Å². The van der Waals surface area contributed by atoms with Gasteiger partial charge >= 0.3 is 12.2 Å². The second kappa shape index (κ2) is 14.7. The van der Waals surface area contributed by atoms with E-state index in [4.69, 9.17) is 4.74 Å². The molecule has 42 heavy (non-hydrogen) atoms. The molecule has 0 radical (unpaired) electrons. The Morgan fingerprint density at radius 3 is 2.38 bits per heavy atom. The number of amides is 3. The number of carbonyl (C=O) groups is 2. The molecular weight excluding hydrogens is 545 g/mol. The van der Waals surface area contributed by atoms with Gasteiger partial charge in [0.1, 0.15) is 0 Å². The molecule has 1 saturated heterocycles. The molecule has 10 heteroatoms. The van der Waals surface area contributed by atoms with Crippen LogP contribution in [-0.2, 0) is 17.3 Å². The average Bonchev–Trinajstić information content (AvgIpc) is 2.97. The second-order valence-electron chi connectivity index (χ2n) is 10.3. The first kappa shape index (κ1) is 30.9.